The number of fused-ring (bicyclic) bond motifs is 1. The van der Waals surface area contributed by atoms with Crippen LogP contribution in [0.2, 0.25) is 0 Å². The number of aryl methyl sites for hydroxylation is 3. The monoisotopic (exact) mass is 352 g/mol. The Labute approximate surface area is 152 Å². The molecule has 0 bridgehead atoms. The molecule has 1 N–H and O–H groups in total. The minimum absolute atomic E-state index is 0.182. The number of carbonyl (C=O) groups is 1. The third-order valence-corrected chi connectivity index (χ3v) is 4.57. The molecule has 2 aromatic heterocycles. The van der Waals surface area contributed by atoms with Gasteiger partial charge in [-0.1, -0.05) is 38.1 Å². The number of furan rings is 1. The Morgan fingerprint density at radius 2 is 1.81 bits per heavy atom. The van der Waals surface area contributed by atoms with Crippen molar-refractivity contribution in [2.24, 2.45) is 0 Å². The summed E-state index contributed by atoms with van der Waals surface area (Å²) < 4.78 is 7.26. The first-order valence-electron chi connectivity index (χ1n) is 9.03. The lowest BCUT2D eigenvalue weighted by Gasteiger charge is -2.07. The van der Waals surface area contributed by atoms with Crippen LogP contribution in [0.25, 0.3) is 11.0 Å². The molecule has 2 heterocycles. The van der Waals surface area contributed by atoms with Crippen LogP contribution in [-0.2, 0) is 19.5 Å². The molecule has 5 nitrogen and oxygen atoms in total. The van der Waals surface area contributed by atoms with Crippen LogP contribution >= 0.6 is 0 Å². The van der Waals surface area contributed by atoms with Gasteiger partial charge in [0.1, 0.15) is 11.3 Å². The molecule has 5 heteroatoms. The predicted molar refractivity (Wildman–Crippen MR) is 102 cm³/mol. The van der Waals surface area contributed by atoms with E-state index in [1.807, 2.05) is 19.1 Å². The Hall–Kier alpha value is -2.82. The van der Waals surface area contributed by atoms with Gasteiger partial charge < -0.3 is 14.3 Å². The Morgan fingerprint density at radius 1 is 1.12 bits per heavy atom. The second kappa shape index (κ2) is 7.60. The molecule has 0 atom stereocenters. The van der Waals surface area contributed by atoms with Gasteiger partial charge in [0.15, 0.2) is 0 Å². The molecule has 0 saturated carbocycles. The number of pyridine rings is 1. The highest BCUT2D eigenvalue weighted by molar-refractivity contribution is 6.06. The second-order valence-electron chi connectivity index (χ2n) is 6.44. The van der Waals surface area contributed by atoms with Gasteiger partial charge in [-0.25, -0.2) is 0 Å². The van der Waals surface area contributed by atoms with Gasteiger partial charge in [-0.2, -0.15) is 0 Å². The van der Waals surface area contributed by atoms with Gasteiger partial charge >= 0.3 is 0 Å². The van der Waals surface area contributed by atoms with E-state index >= 15 is 0 Å². The Morgan fingerprint density at radius 3 is 2.46 bits per heavy atom. The maximum atomic E-state index is 12.7. The van der Waals surface area contributed by atoms with Crippen molar-refractivity contribution in [2.45, 2.75) is 46.7 Å². The van der Waals surface area contributed by atoms with Crippen LogP contribution in [0.15, 0.2) is 45.7 Å². The van der Waals surface area contributed by atoms with Crippen LogP contribution in [0.3, 0.4) is 0 Å². The molecular formula is C21H24N2O3. The molecule has 0 fully saturated rings. The number of carbonyl (C=O) groups excluding carboxylic acids is 1. The molecule has 0 aliphatic rings. The Kier molecular flexibility index (Phi) is 5.26. The molecule has 1 aromatic carbocycles. The van der Waals surface area contributed by atoms with Crippen molar-refractivity contribution in [2.75, 3.05) is 0 Å². The molecule has 0 aliphatic carbocycles. The number of amides is 1. The SMILES string of the molecule is CCCn1ccc2oc(C)c(C(=O)NCc3ccc(CC)cc3)c2c1=O. The Balaban J connectivity index is 1.88. The van der Waals surface area contributed by atoms with E-state index in [0.29, 0.717) is 35.4 Å². The molecule has 26 heavy (non-hydrogen) atoms. The quantitative estimate of drug-likeness (QED) is 0.734. The molecule has 0 aliphatic heterocycles. The lowest BCUT2D eigenvalue weighted by atomic mass is 10.1. The van der Waals surface area contributed by atoms with E-state index in [-0.39, 0.29) is 11.5 Å². The van der Waals surface area contributed by atoms with Crippen molar-refractivity contribution in [1.29, 1.82) is 0 Å². The summed E-state index contributed by atoms with van der Waals surface area (Å²) in [4.78, 5) is 25.5. The smallest absolute Gasteiger partial charge is 0.262 e. The molecule has 1 amide bonds. The van der Waals surface area contributed by atoms with E-state index in [2.05, 4.69) is 24.4 Å². The van der Waals surface area contributed by atoms with Gasteiger partial charge in [-0.15, -0.1) is 0 Å². The summed E-state index contributed by atoms with van der Waals surface area (Å²) in [6.45, 7) is 6.85. The maximum absolute atomic E-state index is 12.7. The largest absolute Gasteiger partial charge is 0.460 e. The average Bonchev–Trinajstić information content (AvgIpc) is 2.99. The zero-order chi connectivity index (χ0) is 18.7. The average molecular weight is 352 g/mol. The number of hydrogen-bond donors (Lipinski definition) is 1. The maximum Gasteiger partial charge on any atom is 0.262 e. The van der Waals surface area contributed by atoms with Crippen molar-refractivity contribution in [3.05, 3.63) is 69.3 Å². The number of hydrogen-bond acceptors (Lipinski definition) is 3. The van der Waals surface area contributed by atoms with Gasteiger partial charge in [0.05, 0.1) is 10.9 Å². The zero-order valence-electron chi connectivity index (χ0n) is 15.5. The predicted octanol–water partition coefficient (Wildman–Crippen LogP) is 3.81. The molecule has 0 saturated heterocycles. The molecule has 0 unspecified atom stereocenters. The number of benzene rings is 1. The second-order valence-corrected chi connectivity index (χ2v) is 6.44. The van der Waals surface area contributed by atoms with E-state index in [0.717, 1.165) is 18.4 Å². The zero-order valence-corrected chi connectivity index (χ0v) is 15.5. The highest BCUT2D eigenvalue weighted by Crippen LogP contribution is 2.22. The van der Waals surface area contributed by atoms with Gasteiger partial charge in [-0.05, 0) is 37.0 Å². The van der Waals surface area contributed by atoms with Crippen LogP contribution in [0, 0.1) is 6.92 Å². The third-order valence-electron chi connectivity index (χ3n) is 4.57. The van der Waals surface area contributed by atoms with E-state index in [9.17, 15) is 9.59 Å². The number of aromatic nitrogens is 1. The number of nitrogens with one attached hydrogen (secondary N) is 1. The van der Waals surface area contributed by atoms with E-state index in [1.165, 1.54) is 5.56 Å². The Bertz CT molecular complexity index is 981. The molecular weight excluding hydrogens is 328 g/mol. The van der Waals surface area contributed by atoms with Crippen LogP contribution in [0.1, 0.15) is 47.5 Å². The van der Waals surface area contributed by atoms with Gasteiger partial charge in [0, 0.05) is 19.3 Å². The van der Waals surface area contributed by atoms with Crippen molar-refractivity contribution < 1.29 is 9.21 Å². The highest BCUT2D eigenvalue weighted by Gasteiger charge is 2.21. The highest BCUT2D eigenvalue weighted by atomic mass is 16.3. The first kappa shape index (κ1) is 18.0. The number of rotatable bonds is 6. The van der Waals surface area contributed by atoms with Gasteiger partial charge in [0.25, 0.3) is 11.5 Å². The van der Waals surface area contributed by atoms with Crippen LogP contribution in [-0.4, -0.2) is 10.5 Å². The fourth-order valence-corrected chi connectivity index (χ4v) is 3.12. The van der Waals surface area contributed by atoms with E-state index in [4.69, 9.17) is 4.42 Å². The molecule has 136 valence electrons. The molecule has 3 aromatic rings. The van der Waals surface area contributed by atoms with Crippen molar-refractivity contribution >= 4 is 16.9 Å². The summed E-state index contributed by atoms with van der Waals surface area (Å²) in [7, 11) is 0. The molecule has 3 rings (SSSR count). The van der Waals surface area contributed by atoms with E-state index in [1.54, 1.807) is 23.8 Å². The summed E-state index contributed by atoms with van der Waals surface area (Å²) in [5.41, 5.74) is 2.88. The van der Waals surface area contributed by atoms with Gasteiger partial charge in [0.2, 0.25) is 0 Å². The first-order valence-corrected chi connectivity index (χ1v) is 9.03. The van der Waals surface area contributed by atoms with Crippen molar-refractivity contribution in [1.82, 2.24) is 9.88 Å². The van der Waals surface area contributed by atoms with Gasteiger partial charge in [-0.3, -0.25) is 9.59 Å². The standard InChI is InChI=1S/C21H24N2O3/c1-4-11-23-12-10-17-19(21(23)25)18(14(3)26-17)20(24)22-13-16-8-6-15(5-2)7-9-16/h6-10,12H,4-5,11,13H2,1-3H3,(H,22,24). The number of nitrogens with zero attached hydrogens (tertiary/aromatic N) is 1. The topological polar surface area (TPSA) is 64.2 Å². The normalized spacial score (nSPS) is 11.0. The minimum atomic E-state index is -0.285. The summed E-state index contributed by atoms with van der Waals surface area (Å²) in [6, 6.07) is 9.88. The molecule has 0 radical (unpaired) electrons. The fraction of sp³-hybridized carbons (Fsp3) is 0.333. The van der Waals surface area contributed by atoms with Crippen LogP contribution in [0.5, 0.6) is 0 Å². The first-order chi connectivity index (χ1) is 12.5. The summed E-state index contributed by atoms with van der Waals surface area (Å²) in [6.07, 6.45) is 3.54. The fourth-order valence-electron chi connectivity index (χ4n) is 3.12. The molecule has 0 spiro atoms. The summed E-state index contributed by atoms with van der Waals surface area (Å²) in [5.74, 6) is 0.178. The van der Waals surface area contributed by atoms with Crippen LogP contribution < -0.4 is 10.9 Å². The lowest BCUT2D eigenvalue weighted by molar-refractivity contribution is 0.0950. The van der Waals surface area contributed by atoms with Crippen molar-refractivity contribution in [3.63, 3.8) is 0 Å². The van der Waals surface area contributed by atoms with Crippen molar-refractivity contribution in [3.8, 4) is 0 Å². The third kappa shape index (κ3) is 3.43. The minimum Gasteiger partial charge on any atom is -0.460 e. The lowest BCUT2D eigenvalue weighted by Crippen LogP contribution is -2.26. The summed E-state index contributed by atoms with van der Waals surface area (Å²) >= 11 is 0. The van der Waals surface area contributed by atoms with Crippen LogP contribution in [0.4, 0.5) is 0 Å². The summed E-state index contributed by atoms with van der Waals surface area (Å²) in [5, 5.41) is 3.26. The van der Waals surface area contributed by atoms with E-state index < -0.39 is 0 Å².